The van der Waals surface area contributed by atoms with Crippen LogP contribution in [0.4, 0.5) is 10.5 Å². The minimum atomic E-state index is -1.18. The van der Waals surface area contributed by atoms with Gasteiger partial charge in [-0.25, -0.2) is 9.59 Å². The Morgan fingerprint density at radius 2 is 2.00 bits per heavy atom. The van der Waals surface area contributed by atoms with Crippen molar-refractivity contribution in [3.63, 3.8) is 0 Å². The van der Waals surface area contributed by atoms with Gasteiger partial charge in [0.2, 0.25) is 0 Å². The van der Waals surface area contributed by atoms with Crippen LogP contribution in [-0.4, -0.2) is 46.0 Å². The molecule has 0 bridgehead atoms. The molecule has 130 valence electrons. The highest BCUT2D eigenvalue weighted by atomic mass is 16.4. The normalized spacial score (nSPS) is 20.1. The van der Waals surface area contributed by atoms with Crippen LogP contribution >= 0.6 is 0 Å². The Bertz CT molecular complexity index is 659. The molecule has 1 heterocycles. The average Bonchev–Trinajstić information content (AvgIpc) is 2.89. The molecule has 0 aliphatic carbocycles. The predicted octanol–water partition coefficient (Wildman–Crippen LogP) is 2.30. The first-order valence-corrected chi connectivity index (χ1v) is 7.97. The van der Waals surface area contributed by atoms with Gasteiger partial charge in [-0.3, -0.25) is 4.79 Å². The average molecular weight is 333 g/mol. The summed E-state index contributed by atoms with van der Waals surface area (Å²) in [6.45, 7) is 5.67. The van der Waals surface area contributed by atoms with Crippen molar-refractivity contribution >= 4 is 23.6 Å². The van der Waals surface area contributed by atoms with Gasteiger partial charge in [-0.15, -0.1) is 0 Å². The summed E-state index contributed by atoms with van der Waals surface area (Å²) in [6.07, 6.45) is 1.09. The monoisotopic (exact) mass is 333 g/mol. The van der Waals surface area contributed by atoms with Crippen molar-refractivity contribution in [2.45, 2.75) is 45.2 Å². The second-order valence-corrected chi connectivity index (χ2v) is 6.47. The van der Waals surface area contributed by atoms with Crippen LogP contribution in [0.2, 0.25) is 0 Å². The Morgan fingerprint density at radius 3 is 2.62 bits per heavy atom. The van der Waals surface area contributed by atoms with Crippen LogP contribution in [0, 0.1) is 0 Å². The molecule has 24 heavy (non-hydrogen) atoms. The maximum atomic E-state index is 12.7. The second kappa shape index (κ2) is 6.90. The molecule has 7 nitrogen and oxygen atoms in total. The number of amides is 3. The van der Waals surface area contributed by atoms with Gasteiger partial charge in [0.15, 0.2) is 0 Å². The van der Waals surface area contributed by atoms with Crippen LogP contribution in [0.5, 0.6) is 0 Å². The van der Waals surface area contributed by atoms with Gasteiger partial charge >= 0.3 is 12.0 Å². The smallest absolute Gasteiger partial charge is 0.329 e. The largest absolute Gasteiger partial charge is 0.480 e. The van der Waals surface area contributed by atoms with Crippen molar-refractivity contribution in [3.05, 3.63) is 29.8 Å². The van der Waals surface area contributed by atoms with E-state index < -0.39 is 11.5 Å². The Labute approximate surface area is 141 Å². The maximum Gasteiger partial charge on any atom is 0.329 e. The number of benzene rings is 1. The molecule has 1 aliphatic rings. The van der Waals surface area contributed by atoms with Crippen molar-refractivity contribution in [1.82, 2.24) is 10.2 Å². The molecule has 0 saturated carbocycles. The number of likely N-dealkylation sites (tertiary alicyclic amines) is 1. The van der Waals surface area contributed by atoms with Crippen molar-refractivity contribution in [2.75, 3.05) is 11.9 Å². The Morgan fingerprint density at radius 1 is 1.29 bits per heavy atom. The number of carbonyl (C=O) groups excluding carboxylic acids is 2. The number of urea groups is 1. The van der Waals surface area contributed by atoms with Crippen LogP contribution in [-0.2, 0) is 4.79 Å². The van der Waals surface area contributed by atoms with E-state index in [1.165, 1.54) is 4.90 Å². The molecule has 0 aromatic heterocycles. The number of aliphatic carboxylic acids is 1. The lowest BCUT2D eigenvalue weighted by atomic mass is 9.98. The number of anilines is 1. The standard InChI is InChI=1S/C17H23N3O4/c1-11(2)18-16(24)19-13-7-4-6-12(10-13)14(21)20-9-5-8-17(20,3)15(22)23/h4,6-7,10-11H,5,8-9H2,1-3H3,(H,22,23)(H2,18,19,24). The van der Waals surface area contributed by atoms with Crippen molar-refractivity contribution < 1.29 is 19.5 Å². The van der Waals surface area contributed by atoms with Crippen molar-refractivity contribution in [3.8, 4) is 0 Å². The van der Waals surface area contributed by atoms with Gasteiger partial charge in [-0.1, -0.05) is 6.07 Å². The summed E-state index contributed by atoms with van der Waals surface area (Å²) in [5.41, 5.74) is -0.350. The Kier molecular flexibility index (Phi) is 5.11. The molecule has 1 unspecified atom stereocenters. The summed E-state index contributed by atoms with van der Waals surface area (Å²) >= 11 is 0. The molecule has 2 rings (SSSR count). The van der Waals surface area contributed by atoms with Crippen molar-refractivity contribution in [1.29, 1.82) is 0 Å². The summed E-state index contributed by atoms with van der Waals surface area (Å²) in [5, 5.41) is 14.8. The van der Waals surface area contributed by atoms with Gasteiger partial charge in [0.1, 0.15) is 5.54 Å². The lowest BCUT2D eigenvalue weighted by Gasteiger charge is -2.31. The molecule has 3 amide bonds. The van der Waals surface area contributed by atoms with Gasteiger partial charge in [-0.05, 0) is 51.8 Å². The molecule has 3 N–H and O–H groups in total. The highest BCUT2D eigenvalue weighted by Gasteiger charge is 2.46. The van der Waals surface area contributed by atoms with E-state index in [0.29, 0.717) is 30.6 Å². The first kappa shape index (κ1) is 17.8. The molecular weight excluding hydrogens is 310 g/mol. The van der Waals surface area contributed by atoms with E-state index in [2.05, 4.69) is 10.6 Å². The first-order chi connectivity index (χ1) is 11.2. The van der Waals surface area contributed by atoms with Gasteiger partial charge in [-0.2, -0.15) is 0 Å². The lowest BCUT2D eigenvalue weighted by Crippen LogP contribution is -2.50. The maximum absolute atomic E-state index is 12.7. The number of hydrogen-bond donors (Lipinski definition) is 3. The van der Waals surface area contributed by atoms with Gasteiger partial charge < -0.3 is 20.6 Å². The molecule has 1 aromatic rings. The van der Waals surface area contributed by atoms with Crippen LogP contribution < -0.4 is 10.6 Å². The zero-order chi connectivity index (χ0) is 17.9. The van der Waals surface area contributed by atoms with Gasteiger partial charge in [0.05, 0.1) is 0 Å². The zero-order valence-corrected chi connectivity index (χ0v) is 14.1. The third-order valence-corrected chi connectivity index (χ3v) is 4.13. The number of nitrogens with one attached hydrogen (secondary N) is 2. The number of nitrogens with zero attached hydrogens (tertiary/aromatic N) is 1. The molecule has 1 atom stereocenters. The van der Waals surface area contributed by atoms with E-state index in [-0.39, 0.29) is 18.0 Å². The van der Waals surface area contributed by atoms with E-state index in [1.54, 1.807) is 31.2 Å². The van der Waals surface area contributed by atoms with E-state index >= 15 is 0 Å². The quantitative estimate of drug-likeness (QED) is 0.787. The van der Waals surface area contributed by atoms with E-state index in [0.717, 1.165) is 0 Å². The van der Waals surface area contributed by atoms with Gasteiger partial charge in [0.25, 0.3) is 5.91 Å². The van der Waals surface area contributed by atoms with E-state index in [4.69, 9.17) is 0 Å². The molecule has 1 fully saturated rings. The van der Waals surface area contributed by atoms with E-state index in [1.807, 2.05) is 13.8 Å². The summed E-state index contributed by atoms with van der Waals surface area (Å²) in [6, 6.07) is 6.16. The molecule has 1 saturated heterocycles. The molecule has 0 radical (unpaired) electrons. The molecule has 7 heteroatoms. The molecule has 1 aromatic carbocycles. The third-order valence-electron chi connectivity index (χ3n) is 4.13. The Balaban J connectivity index is 2.17. The molecular formula is C17H23N3O4. The van der Waals surface area contributed by atoms with Crippen LogP contribution in [0.1, 0.15) is 44.0 Å². The number of carboxylic acids is 1. The number of carbonyl (C=O) groups is 3. The highest BCUT2D eigenvalue weighted by molar-refractivity contribution is 5.99. The Hall–Kier alpha value is -2.57. The topological polar surface area (TPSA) is 98.7 Å². The van der Waals surface area contributed by atoms with E-state index in [9.17, 15) is 19.5 Å². The zero-order valence-electron chi connectivity index (χ0n) is 14.1. The minimum Gasteiger partial charge on any atom is -0.480 e. The summed E-state index contributed by atoms with van der Waals surface area (Å²) < 4.78 is 0. The third kappa shape index (κ3) is 3.67. The number of hydrogen-bond acceptors (Lipinski definition) is 3. The summed E-state index contributed by atoms with van der Waals surface area (Å²) in [7, 11) is 0. The predicted molar refractivity (Wildman–Crippen MR) is 90.0 cm³/mol. The highest BCUT2D eigenvalue weighted by Crippen LogP contribution is 2.31. The molecule has 1 aliphatic heterocycles. The van der Waals surface area contributed by atoms with Gasteiger partial charge in [0, 0.05) is 23.8 Å². The van der Waals surface area contributed by atoms with Crippen LogP contribution in [0.3, 0.4) is 0 Å². The van der Waals surface area contributed by atoms with Crippen LogP contribution in [0.25, 0.3) is 0 Å². The van der Waals surface area contributed by atoms with Crippen LogP contribution in [0.15, 0.2) is 24.3 Å². The fourth-order valence-electron chi connectivity index (χ4n) is 2.83. The SMILES string of the molecule is CC(C)NC(=O)Nc1cccc(C(=O)N2CCCC2(C)C(=O)O)c1. The van der Waals surface area contributed by atoms with Crippen molar-refractivity contribution in [2.24, 2.45) is 0 Å². The number of carboxylic acid groups (broad SMARTS) is 1. The first-order valence-electron chi connectivity index (χ1n) is 7.97. The summed E-state index contributed by atoms with van der Waals surface area (Å²) in [4.78, 5) is 37.4. The lowest BCUT2D eigenvalue weighted by molar-refractivity contribution is -0.147. The molecule has 0 spiro atoms. The summed E-state index contributed by atoms with van der Waals surface area (Å²) in [5.74, 6) is -1.34. The fraction of sp³-hybridized carbons (Fsp3) is 0.471. The minimum absolute atomic E-state index is 0.00399. The number of rotatable bonds is 4. The second-order valence-electron chi connectivity index (χ2n) is 6.47. The fourth-order valence-corrected chi connectivity index (χ4v) is 2.83.